The van der Waals surface area contributed by atoms with Gasteiger partial charge >= 0.3 is 11.9 Å². The highest BCUT2D eigenvalue weighted by molar-refractivity contribution is 6.00. The van der Waals surface area contributed by atoms with Gasteiger partial charge in [-0.1, -0.05) is 113 Å². The van der Waals surface area contributed by atoms with Crippen molar-refractivity contribution in [2.75, 3.05) is 13.1 Å². The van der Waals surface area contributed by atoms with Gasteiger partial charge in [0.05, 0.1) is 18.9 Å². The maximum Gasteiger partial charge on any atom is 0.326 e. The Labute approximate surface area is 537 Å². The second-order valence-electron chi connectivity index (χ2n) is 23.7. The third kappa shape index (κ3) is 24.1. The molecule has 0 bridgehead atoms. The van der Waals surface area contributed by atoms with Crippen LogP contribution in [0.1, 0.15) is 94.9 Å². The molecule has 27 nitrogen and oxygen atoms in total. The maximum atomic E-state index is 15.0. The highest BCUT2D eigenvalue weighted by Crippen LogP contribution is 2.22. The van der Waals surface area contributed by atoms with Crippen LogP contribution in [0.5, 0.6) is 5.75 Å². The molecule has 0 aliphatic carbocycles. The smallest absolute Gasteiger partial charge is 0.326 e. The van der Waals surface area contributed by atoms with E-state index in [-0.39, 0.29) is 82.0 Å². The monoisotopic (exact) mass is 1290 g/mol. The summed E-state index contributed by atoms with van der Waals surface area (Å²) in [6.45, 7) is 7.29. The highest BCUT2D eigenvalue weighted by Gasteiger charge is 2.41. The summed E-state index contributed by atoms with van der Waals surface area (Å²) in [7, 11) is 0. The molecule has 1 aliphatic heterocycles. The van der Waals surface area contributed by atoms with Crippen LogP contribution in [0.25, 0.3) is 0 Å². The minimum atomic E-state index is -1.99. The topological polar surface area (TPSA) is 443 Å². The third-order valence-electron chi connectivity index (χ3n) is 15.4. The normalized spacial score (nSPS) is 15.7. The minimum absolute atomic E-state index is 0.000414. The van der Waals surface area contributed by atoms with Crippen molar-refractivity contribution in [1.82, 2.24) is 47.4 Å². The van der Waals surface area contributed by atoms with Crippen LogP contribution in [0.3, 0.4) is 0 Å². The SMILES string of the molecule is CC(C)C[C@H](NC(=O)[C@H](CCCN)NC(=O)[C@@H](N)C(C)C)C(=O)N[C@@H](Cc1ccc(F)cc1)C(=O)N1CCC[C@H]1C(=O)N[C@@H](Cc1ccccc1)C(=O)N[C@@H](Cc1ccccc1)C(=O)N[C@@H](CC(N)=O)C(=O)N[C@@H](CC(=O)O)C(=O)N[C@@H](Cc1ccc(O)cc1)C(=O)O. The fraction of sp³-hybridized carbons (Fsp3) is 0.446. The Balaban J connectivity index is 1.42. The summed E-state index contributed by atoms with van der Waals surface area (Å²) in [5.41, 5.74) is 19.2. The Hall–Kier alpha value is -9.83. The molecule has 5 rings (SSSR count). The van der Waals surface area contributed by atoms with Crippen LogP contribution in [-0.4, -0.2) is 165 Å². The predicted octanol–water partition coefficient (Wildman–Crippen LogP) is -0.126. The molecule has 0 saturated carbocycles. The first kappa shape index (κ1) is 73.9. The van der Waals surface area contributed by atoms with Crippen molar-refractivity contribution in [3.8, 4) is 5.75 Å². The van der Waals surface area contributed by atoms with Crippen LogP contribution >= 0.6 is 0 Å². The number of hydrogen-bond donors (Lipinski definition) is 14. The minimum Gasteiger partial charge on any atom is -0.508 e. The molecule has 1 saturated heterocycles. The molecule has 4 aromatic rings. The lowest BCUT2D eigenvalue weighted by molar-refractivity contribution is -0.144. The predicted molar refractivity (Wildman–Crippen MR) is 337 cm³/mol. The zero-order chi connectivity index (χ0) is 68.5. The van der Waals surface area contributed by atoms with E-state index in [9.17, 15) is 72.4 Å². The Bertz CT molecular complexity index is 3230. The van der Waals surface area contributed by atoms with Gasteiger partial charge in [0.1, 0.15) is 65.9 Å². The van der Waals surface area contributed by atoms with Gasteiger partial charge in [-0.15, -0.1) is 0 Å². The number of benzene rings is 4. The van der Waals surface area contributed by atoms with E-state index in [4.69, 9.17) is 17.2 Å². The van der Waals surface area contributed by atoms with Gasteiger partial charge in [-0.2, -0.15) is 0 Å². The molecule has 0 spiro atoms. The number of nitrogens with two attached hydrogens (primary N) is 3. The quantitative estimate of drug-likeness (QED) is 0.0282. The number of carbonyl (C=O) groups excluding carboxylic acids is 10. The van der Waals surface area contributed by atoms with Gasteiger partial charge in [0.15, 0.2) is 0 Å². The number of aliphatic carboxylic acids is 2. The largest absolute Gasteiger partial charge is 0.508 e. The fourth-order valence-corrected chi connectivity index (χ4v) is 10.3. The molecule has 17 N–H and O–H groups in total. The standard InChI is InChI=1S/C65H85FN12O15/c1-36(2)29-45(71-56(83)44(17-11-27-67)70-63(90)55(69)37(3)4)57(84)76-50(32-40-19-23-42(66)24-20-40)64(91)78-28-12-18-52(78)62(89)75-47(31-39-15-9-6-10-16-39)59(86)72-46(30-38-13-7-5-8-14-38)58(85)73-48(34-53(68)80)60(87)74-49(35-54(81)82)61(88)77-51(65(92)93)33-41-21-25-43(79)26-22-41/h5-10,13-16,19-26,36-37,44-52,55,79H,11-12,17-18,27-35,67,69H2,1-4H3,(H2,68,80)(H,70,90)(H,71,83)(H,72,86)(H,73,85)(H,74,87)(H,75,89)(H,76,84)(H,77,88)(H,81,82)(H,92,93)/t44-,45-,46-,47-,48-,49-,50-,51-,52-,55-/m0/s1. The molecule has 4 aromatic carbocycles. The number of hydrogen-bond acceptors (Lipinski definition) is 15. The number of amides is 10. The number of likely N-dealkylation sites (tertiary alicyclic amines) is 1. The van der Waals surface area contributed by atoms with Crippen molar-refractivity contribution >= 4 is 71.0 Å². The third-order valence-corrected chi connectivity index (χ3v) is 15.4. The van der Waals surface area contributed by atoms with Gasteiger partial charge in [0, 0.05) is 32.2 Å². The lowest BCUT2D eigenvalue weighted by atomic mass is 9.99. The van der Waals surface area contributed by atoms with Gasteiger partial charge in [0.2, 0.25) is 59.1 Å². The number of rotatable bonds is 36. The van der Waals surface area contributed by atoms with Crippen LogP contribution < -0.4 is 59.7 Å². The molecule has 93 heavy (non-hydrogen) atoms. The van der Waals surface area contributed by atoms with Gasteiger partial charge in [-0.05, 0) is 97.0 Å². The summed E-state index contributed by atoms with van der Waals surface area (Å²) < 4.78 is 14.3. The summed E-state index contributed by atoms with van der Waals surface area (Å²) in [5.74, 6) is -13.7. The van der Waals surface area contributed by atoms with Crippen LogP contribution in [-0.2, 0) is 83.2 Å². The number of nitrogens with zero attached hydrogens (tertiary/aromatic N) is 1. The van der Waals surface area contributed by atoms with E-state index >= 15 is 4.79 Å². The van der Waals surface area contributed by atoms with Crippen LogP contribution in [0.2, 0.25) is 0 Å². The molecule has 1 aliphatic rings. The van der Waals surface area contributed by atoms with Gasteiger partial charge in [-0.3, -0.25) is 52.7 Å². The molecular formula is C65H85FN12O15. The van der Waals surface area contributed by atoms with Crippen LogP contribution in [0.15, 0.2) is 109 Å². The second-order valence-corrected chi connectivity index (χ2v) is 23.7. The lowest BCUT2D eigenvalue weighted by Gasteiger charge is -2.31. The summed E-state index contributed by atoms with van der Waals surface area (Å²) in [6.07, 6.45) is -2.15. The van der Waals surface area contributed by atoms with Gasteiger partial charge in [-0.25, -0.2) is 9.18 Å². The molecule has 10 atom stereocenters. The summed E-state index contributed by atoms with van der Waals surface area (Å²) in [4.78, 5) is 166. The zero-order valence-corrected chi connectivity index (χ0v) is 52.3. The van der Waals surface area contributed by atoms with Crippen molar-refractivity contribution in [3.63, 3.8) is 0 Å². The van der Waals surface area contributed by atoms with E-state index in [1.165, 1.54) is 53.4 Å². The molecule has 10 amide bonds. The number of halogens is 1. The summed E-state index contributed by atoms with van der Waals surface area (Å²) in [5, 5.41) is 49.7. The van der Waals surface area contributed by atoms with Gasteiger partial charge in [0.25, 0.3) is 0 Å². The number of carbonyl (C=O) groups is 12. The Morgan fingerprint density at radius 2 is 0.946 bits per heavy atom. The van der Waals surface area contributed by atoms with Crippen molar-refractivity contribution < 1.29 is 77.2 Å². The van der Waals surface area contributed by atoms with Crippen molar-refractivity contribution in [2.24, 2.45) is 29.0 Å². The lowest BCUT2D eigenvalue weighted by Crippen LogP contribution is -2.61. The number of nitrogens with one attached hydrogen (secondary N) is 8. The van der Waals surface area contributed by atoms with E-state index in [1.54, 1.807) is 74.5 Å². The number of phenolic OH excluding ortho intramolecular Hbond substituents is 1. The van der Waals surface area contributed by atoms with E-state index < -0.39 is 150 Å². The molecule has 1 fully saturated rings. The average molecular weight is 1290 g/mol. The van der Waals surface area contributed by atoms with E-state index in [0.29, 0.717) is 28.7 Å². The number of carboxylic acid groups (broad SMARTS) is 2. The molecular weight excluding hydrogens is 1210 g/mol. The molecule has 0 radical (unpaired) electrons. The number of phenols is 1. The average Bonchev–Trinajstić information content (AvgIpc) is 1.86. The summed E-state index contributed by atoms with van der Waals surface area (Å²) >= 11 is 0. The van der Waals surface area contributed by atoms with E-state index in [0.717, 1.165) is 0 Å². The Kier molecular flexibility index (Phi) is 28.8. The number of primary amides is 1. The fourth-order valence-electron chi connectivity index (χ4n) is 10.3. The molecule has 502 valence electrons. The summed E-state index contributed by atoms with van der Waals surface area (Å²) in [6, 6.07) is 12.4. The maximum absolute atomic E-state index is 15.0. The molecule has 28 heteroatoms. The Morgan fingerprint density at radius 1 is 0.527 bits per heavy atom. The van der Waals surface area contributed by atoms with Crippen molar-refractivity contribution in [2.45, 2.75) is 159 Å². The van der Waals surface area contributed by atoms with Crippen LogP contribution in [0, 0.1) is 17.7 Å². The first-order valence-corrected chi connectivity index (χ1v) is 30.6. The second kappa shape index (κ2) is 36.3. The first-order chi connectivity index (χ1) is 44.1. The first-order valence-electron chi connectivity index (χ1n) is 30.6. The molecule has 0 aromatic heterocycles. The molecule has 0 unspecified atom stereocenters. The van der Waals surface area contributed by atoms with Crippen molar-refractivity contribution in [1.29, 1.82) is 0 Å². The van der Waals surface area contributed by atoms with E-state index in [2.05, 4.69) is 42.5 Å². The Morgan fingerprint density at radius 3 is 1.45 bits per heavy atom. The van der Waals surface area contributed by atoms with Crippen molar-refractivity contribution in [3.05, 3.63) is 137 Å². The highest BCUT2D eigenvalue weighted by atomic mass is 19.1. The van der Waals surface area contributed by atoms with Crippen LogP contribution in [0.4, 0.5) is 4.39 Å². The van der Waals surface area contributed by atoms with Gasteiger partial charge < -0.3 is 80.0 Å². The zero-order valence-electron chi connectivity index (χ0n) is 52.3. The van der Waals surface area contributed by atoms with E-state index in [1.807, 2.05) is 13.8 Å². The number of carboxylic acids is 2. The molecule has 1 heterocycles. The number of aromatic hydroxyl groups is 1.